The fourth-order valence-electron chi connectivity index (χ4n) is 1.56. The first-order valence-corrected chi connectivity index (χ1v) is 5.88. The van der Waals surface area contributed by atoms with Gasteiger partial charge in [-0.3, -0.25) is 14.5 Å². The Morgan fingerprint density at radius 1 is 1.38 bits per heavy atom. The van der Waals surface area contributed by atoms with Crippen LogP contribution >= 0.6 is 11.5 Å². The molecule has 86 valence electrons. The molecule has 2 amide bonds. The van der Waals surface area contributed by atoms with Gasteiger partial charge in [-0.15, -0.1) is 5.10 Å². The van der Waals surface area contributed by atoms with Crippen LogP contribution in [0.3, 0.4) is 0 Å². The van der Waals surface area contributed by atoms with Crippen molar-refractivity contribution in [1.82, 2.24) is 14.5 Å². The molecule has 0 aromatic carbocycles. The van der Waals surface area contributed by atoms with Gasteiger partial charge in [0.05, 0.1) is 6.54 Å². The number of imide groups is 1. The summed E-state index contributed by atoms with van der Waals surface area (Å²) in [5.41, 5.74) is 0.662. The van der Waals surface area contributed by atoms with Gasteiger partial charge < -0.3 is 5.32 Å². The van der Waals surface area contributed by atoms with Gasteiger partial charge in [0, 0.05) is 30.9 Å². The van der Waals surface area contributed by atoms with E-state index >= 15 is 0 Å². The average Bonchev–Trinajstić information content (AvgIpc) is 2.81. The Morgan fingerprint density at radius 3 is 2.69 bits per heavy atom. The minimum Gasteiger partial charge on any atom is -0.374 e. The molecule has 0 radical (unpaired) electrons. The molecule has 0 aliphatic carbocycles. The molecule has 16 heavy (non-hydrogen) atoms. The van der Waals surface area contributed by atoms with Crippen LogP contribution in [-0.4, -0.2) is 32.8 Å². The van der Waals surface area contributed by atoms with Gasteiger partial charge in [-0.2, -0.15) is 0 Å². The summed E-state index contributed by atoms with van der Waals surface area (Å²) in [6, 6.07) is 0. The fourth-order valence-corrected chi connectivity index (χ4v) is 2.20. The number of rotatable bonds is 4. The standard InChI is InChI=1S/C9H12N4O2S/c1-2-10-9-6(11-12-16-9)5-13-7(14)3-4-8(13)15/h10H,2-5H2,1H3. The minimum atomic E-state index is -0.125. The largest absolute Gasteiger partial charge is 0.374 e. The summed E-state index contributed by atoms with van der Waals surface area (Å²) >= 11 is 1.24. The number of hydrogen-bond donors (Lipinski definition) is 1. The van der Waals surface area contributed by atoms with Crippen molar-refractivity contribution in [1.29, 1.82) is 0 Å². The summed E-state index contributed by atoms with van der Waals surface area (Å²) < 4.78 is 3.81. The van der Waals surface area contributed by atoms with Crippen LogP contribution in [0.2, 0.25) is 0 Å². The number of carbonyl (C=O) groups is 2. The predicted octanol–water partition coefficient (Wildman–Crippen LogP) is 0.619. The summed E-state index contributed by atoms with van der Waals surface area (Å²) in [6.45, 7) is 2.96. The second-order valence-corrected chi connectivity index (χ2v) is 4.21. The highest BCUT2D eigenvalue weighted by atomic mass is 32.1. The summed E-state index contributed by atoms with van der Waals surface area (Å²) in [5, 5.41) is 7.86. The zero-order valence-electron chi connectivity index (χ0n) is 8.89. The zero-order chi connectivity index (χ0) is 11.5. The van der Waals surface area contributed by atoms with Crippen LogP contribution in [0.4, 0.5) is 5.00 Å². The molecule has 1 aromatic heterocycles. The molecule has 1 N–H and O–H groups in total. The van der Waals surface area contributed by atoms with E-state index in [1.807, 2.05) is 6.92 Å². The molecule has 1 fully saturated rings. The first-order valence-electron chi connectivity index (χ1n) is 5.10. The zero-order valence-corrected chi connectivity index (χ0v) is 9.71. The van der Waals surface area contributed by atoms with Crippen LogP contribution in [0.25, 0.3) is 0 Å². The molecular formula is C9H12N4O2S. The topological polar surface area (TPSA) is 75.2 Å². The molecule has 2 rings (SSSR count). The molecule has 1 aliphatic heterocycles. The molecule has 0 bridgehead atoms. The lowest BCUT2D eigenvalue weighted by atomic mass is 10.4. The maximum Gasteiger partial charge on any atom is 0.230 e. The molecule has 0 atom stereocenters. The Balaban J connectivity index is 2.11. The van der Waals surface area contributed by atoms with Gasteiger partial charge in [-0.1, -0.05) is 4.49 Å². The van der Waals surface area contributed by atoms with Crippen LogP contribution in [0.15, 0.2) is 0 Å². The predicted molar refractivity (Wildman–Crippen MR) is 58.9 cm³/mol. The van der Waals surface area contributed by atoms with E-state index in [2.05, 4.69) is 14.9 Å². The summed E-state index contributed by atoms with van der Waals surface area (Å²) in [5.74, 6) is -0.249. The summed E-state index contributed by atoms with van der Waals surface area (Å²) in [4.78, 5) is 24.1. The van der Waals surface area contributed by atoms with Gasteiger partial charge in [0.25, 0.3) is 0 Å². The van der Waals surface area contributed by atoms with Crippen molar-refractivity contribution in [3.8, 4) is 0 Å². The van der Waals surface area contributed by atoms with E-state index < -0.39 is 0 Å². The van der Waals surface area contributed by atoms with Crippen molar-refractivity contribution in [2.75, 3.05) is 11.9 Å². The Hall–Kier alpha value is -1.50. The van der Waals surface area contributed by atoms with Crippen LogP contribution in [-0.2, 0) is 16.1 Å². The lowest BCUT2D eigenvalue weighted by molar-refractivity contribution is -0.139. The highest BCUT2D eigenvalue weighted by Gasteiger charge is 2.30. The first kappa shape index (κ1) is 11.0. The van der Waals surface area contributed by atoms with Crippen molar-refractivity contribution >= 4 is 28.3 Å². The summed E-state index contributed by atoms with van der Waals surface area (Å²) in [7, 11) is 0. The Labute approximate surface area is 96.8 Å². The van der Waals surface area contributed by atoms with Crippen molar-refractivity contribution in [3.05, 3.63) is 5.69 Å². The molecule has 2 heterocycles. The molecule has 0 unspecified atom stereocenters. The smallest absolute Gasteiger partial charge is 0.230 e. The van der Waals surface area contributed by atoms with E-state index in [-0.39, 0.29) is 18.4 Å². The van der Waals surface area contributed by atoms with Crippen molar-refractivity contribution in [3.63, 3.8) is 0 Å². The maximum absolute atomic E-state index is 11.4. The molecular weight excluding hydrogens is 228 g/mol. The molecule has 0 spiro atoms. The normalized spacial score (nSPS) is 15.9. The highest BCUT2D eigenvalue weighted by Crippen LogP contribution is 2.22. The molecule has 7 heteroatoms. The van der Waals surface area contributed by atoms with Crippen LogP contribution in [0.1, 0.15) is 25.5 Å². The number of carbonyl (C=O) groups excluding carboxylic acids is 2. The van der Waals surface area contributed by atoms with E-state index in [1.165, 1.54) is 16.4 Å². The third-order valence-electron chi connectivity index (χ3n) is 2.36. The summed E-state index contributed by atoms with van der Waals surface area (Å²) in [6.07, 6.45) is 0.625. The lowest BCUT2D eigenvalue weighted by Gasteiger charge is -2.12. The Morgan fingerprint density at radius 2 is 2.06 bits per heavy atom. The molecule has 6 nitrogen and oxygen atoms in total. The number of nitrogens with one attached hydrogen (secondary N) is 1. The third kappa shape index (κ3) is 2.04. The molecule has 1 aliphatic rings. The van der Waals surface area contributed by atoms with Gasteiger partial charge in [0.15, 0.2) is 0 Å². The monoisotopic (exact) mass is 240 g/mol. The number of hydrogen-bond acceptors (Lipinski definition) is 6. The van der Waals surface area contributed by atoms with Crippen molar-refractivity contribution in [2.24, 2.45) is 0 Å². The molecule has 0 saturated carbocycles. The van der Waals surface area contributed by atoms with E-state index in [0.29, 0.717) is 18.5 Å². The van der Waals surface area contributed by atoms with E-state index in [0.717, 1.165) is 11.5 Å². The number of aromatic nitrogens is 2. The number of likely N-dealkylation sites (tertiary alicyclic amines) is 1. The van der Waals surface area contributed by atoms with E-state index in [4.69, 9.17) is 0 Å². The van der Waals surface area contributed by atoms with Gasteiger partial charge in [-0.25, -0.2) is 0 Å². The SMILES string of the molecule is CCNc1snnc1CN1C(=O)CCC1=O. The second kappa shape index (κ2) is 4.56. The quantitative estimate of drug-likeness (QED) is 0.781. The van der Waals surface area contributed by atoms with Crippen LogP contribution in [0, 0.1) is 0 Å². The Kier molecular flexibility index (Phi) is 3.14. The van der Waals surface area contributed by atoms with Crippen molar-refractivity contribution < 1.29 is 9.59 Å². The minimum absolute atomic E-state index is 0.125. The highest BCUT2D eigenvalue weighted by molar-refractivity contribution is 7.10. The average molecular weight is 240 g/mol. The number of anilines is 1. The Bertz CT molecular complexity index is 401. The third-order valence-corrected chi connectivity index (χ3v) is 3.08. The molecule has 1 aromatic rings. The van der Waals surface area contributed by atoms with Crippen LogP contribution < -0.4 is 5.32 Å². The van der Waals surface area contributed by atoms with Gasteiger partial charge in [0.2, 0.25) is 11.8 Å². The van der Waals surface area contributed by atoms with Gasteiger partial charge >= 0.3 is 0 Å². The number of amides is 2. The van der Waals surface area contributed by atoms with Crippen molar-refractivity contribution in [2.45, 2.75) is 26.3 Å². The number of nitrogens with zero attached hydrogens (tertiary/aromatic N) is 3. The first-order chi connectivity index (χ1) is 7.72. The fraction of sp³-hybridized carbons (Fsp3) is 0.556. The maximum atomic E-state index is 11.4. The van der Waals surface area contributed by atoms with E-state index in [9.17, 15) is 9.59 Å². The lowest BCUT2D eigenvalue weighted by Crippen LogP contribution is -2.28. The molecule has 1 saturated heterocycles. The van der Waals surface area contributed by atoms with Crippen LogP contribution in [0.5, 0.6) is 0 Å². The van der Waals surface area contributed by atoms with Gasteiger partial charge in [0.1, 0.15) is 10.7 Å². The van der Waals surface area contributed by atoms with E-state index in [1.54, 1.807) is 0 Å². The second-order valence-electron chi connectivity index (χ2n) is 3.45. The van der Waals surface area contributed by atoms with Gasteiger partial charge in [-0.05, 0) is 6.92 Å².